The van der Waals surface area contributed by atoms with Gasteiger partial charge in [0.25, 0.3) is 0 Å². The minimum atomic E-state index is -0.748. The van der Waals surface area contributed by atoms with Crippen LogP contribution in [0.2, 0.25) is 0 Å². The van der Waals surface area contributed by atoms with Crippen molar-refractivity contribution in [2.75, 3.05) is 13.2 Å². The Kier molecular flexibility index (Phi) is 18.6. The summed E-state index contributed by atoms with van der Waals surface area (Å²) < 4.78 is 15.6. The van der Waals surface area contributed by atoms with Crippen LogP contribution in [-0.4, -0.2) is 37.2 Å². The van der Waals surface area contributed by atoms with E-state index in [1.807, 2.05) is 13.8 Å². The zero-order valence-corrected chi connectivity index (χ0v) is 18.8. The molecule has 0 aliphatic rings. The first kappa shape index (κ1) is 27.4. The quantitative estimate of drug-likeness (QED) is 0.158. The third-order valence-corrected chi connectivity index (χ3v) is 4.55. The predicted octanol–water partition coefficient (Wildman–Crippen LogP) is 5.51. The second-order valence-corrected chi connectivity index (χ2v) is 7.56. The molecule has 29 heavy (non-hydrogen) atoms. The molecule has 0 spiro atoms. The molecular weight excluding hydrogens is 372 g/mol. The first-order valence-electron chi connectivity index (χ1n) is 11.5. The minimum Gasteiger partial charge on any atom is -0.462 e. The lowest BCUT2D eigenvalue weighted by Gasteiger charge is -2.18. The molecule has 0 unspecified atom stereocenters. The van der Waals surface area contributed by atoms with Crippen LogP contribution in [0.3, 0.4) is 0 Å². The van der Waals surface area contributed by atoms with Crippen LogP contribution >= 0.6 is 0 Å². The Balaban J connectivity index is 4.00. The smallest absolute Gasteiger partial charge is 0.306 e. The Bertz CT molecular complexity index is 435. The van der Waals surface area contributed by atoms with E-state index >= 15 is 0 Å². The highest BCUT2D eigenvalue weighted by Gasteiger charge is 2.19. The average Bonchev–Trinajstić information content (AvgIpc) is 2.69. The van der Waals surface area contributed by atoms with Gasteiger partial charge in [0, 0.05) is 19.3 Å². The fourth-order valence-electron chi connectivity index (χ4n) is 2.87. The van der Waals surface area contributed by atoms with Crippen LogP contribution in [0.1, 0.15) is 111 Å². The average molecular weight is 415 g/mol. The summed E-state index contributed by atoms with van der Waals surface area (Å²) in [5.41, 5.74) is 0. The summed E-state index contributed by atoms with van der Waals surface area (Å²) in [5, 5.41) is 0. The molecule has 0 rings (SSSR count). The van der Waals surface area contributed by atoms with Crippen molar-refractivity contribution >= 4 is 17.9 Å². The van der Waals surface area contributed by atoms with Crippen molar-refractivity contribution < 1.29 is 28.6 Å². The molecule has 0 fully saturated rings. The molecule has 0 N–H and O–H groups in total. The summed E-state index contributed by atoms with van der Waals surface area (Å²) in [4.78, 5) is 35.2. The second-order valence-electron chi connectivity index (χ2n) is 7.56. The minimum absolute atomic E-state index is 0.0783. The molecular formula is C23H42O6. The molecule has 0 aromatic heterocycles. The lowest BCUT2D eigenvalue weighted by atomic mass is 10.1. The van der Waals surface area contributed by atoms with E-state index in [2.05, 4.69) is 6.92 Å². The molecule has 0 heterocycles. The Morgan fingerprint density at radius 3 is 1.52 bits per heavy atom. The van der Waals surface area contributed by atoms with E-state index in [4.69, 9.17) is 14.2 Å². The van der Waals surface area contributed by atoms with E-state index in [0.717, 1.165) is 19.3 Å². The van der Waals surface area contributed by atoms with Gasteiger partial charge in [-0.3, -0.25) is 14.4 Å². The zero-order chi connectivity index (χ0) is 21.7. The Labute approximate surface area is 177 Å². The molecule has 1 atom stereocenters. The number of unbranched alkanes of at least 4 members (excludes halogenated alkanes) is 8. The van der Waals surface area contributed by atoms with Crippen LogP contribution in [0.5, 0.6) is 0 Å². The lowest BCUT2D eigenvalue weighted by molar-refractivity contribution is -0.166. The van der Waals surface area contributed by atoms with Crippen molar-refractivity contribution in [3.63, 3.8) is 0 Å². The van der Waals surface area contributed by atoms with Crippen LogP contribution in [0.25, 0.3) is 0 Å². The van der Waals surface area contributed by atoms with Crippen molar-refractivity contribution in [3.05, 3.63) is 0 Å². The van der Waals surface area contributed by atoms with E-state index in [0.29, 0.717) is 25.7 Å². The summed E-state index contributed by atoms with van der Waals surface area (Å²) in [7, 11) is 0. The standard InChI is InChI=1S/C23H42O6/c1-4-7-8-9-10-11-12-13-14-17-22(25)28-19-20(29-23(26)16-6-3)18-27-21(24)15-5-2/h20H,4-19H2,1-3H3/t20-/m1/s1. The molecule has 0 radical (unpaired) electrons. The van der Waals surface area contributed by atoms with Gasteiger partial charge in [-0.15, -0.1) is 0 Å². The van der Waals surface area contributed by atoms with Gasteiger partial charge >= 0.3 is 17.9 Å². The number of hydrogen-bond acceptors (Lipinski definition) is 6. The van der Waals surface area contributed by atoms with Crippen molar-refractivity contribution in [3.8, 4) is 0 Å². The summed E-state index contributed by atoms with van der Waals surface area (Å²) in [5.74, 6) is -1.02. The third kappa shape index (κ3) is 18.2. The topological polar surface area (TPSA) is 78.9 Å². The van der Waals surface area contributed by atoms with E-state index < -0.39 is 6.10 Å². The molecule has 0 aromatic rings. The van der Waals surface area contributed by atoms with Crippen LogP contribution < -0.4 is 0 Å². The summed E-state index contributed by atoms with van der Waals surface area (Å²) in [6.45, 7) is 5.82. The zero-order valence-electron chi connectivity index (χ0n) is 18.8. The van der Waals surface area contributed by atoms with Gasteiger partial charge in [0.05, 0.1) is 0 Å². The summed E-state index contributed by atoms with van der Waals surface area (Å²) in [6, 6.07) is 0. The van der Waals surface area contributed by atoms with Crippen molar-refractivity contribution in [1.82, 2.24) is 0 Å². The molecule has 170 valence electrons. The van der Waals surface area contributed by atoms with Crippen molar-refractivity contribution in [2.24, 2.45) is 0 Å². The Morgan fingerprint density at radius 2 is 1.00 bits per heavy atom. The fraction of sp³-hybridized carbons (Fsp3) is 0.870. The molecule has 0 saturated heterocycles. The molecule has 6 nitrogen and oxygen atoms in total. The van der Waals surface area contributed by atoms with Crippen LogP contribution in [0.15, 0.2) is 0 Å². The maximum atomic E-state index is 11.9. The lowest BCUT2D eigenvalue weighted by Crippen LogP contribution is -2.30. The fourth-order valence-corrected chi connectivity index (χ4v) is 2.87. The molecule has 0 aromatic carbocycles. The van der Waals surface area contributed by atoms with Gasteiger partial charge in [-0.05, 0) is 19.3 Å². The number of hydrogen-bond donors (Lipinski definition) is 0. The first-order chi connectivity index (χ1) is 14.0. The van der Waals surface area contributed by atoms with Crippen LogP contribution in [-0.2, 0) is 28.6 Å². The van der Waals surface area contributed by atoms with E-state index in [-0.39, 0.29) is 37.5 Å². The van der Waals surface area contributed by atoms with E-state index in [1.165, 1.54) is 38.5 Å². The normalized spacial score (nSPS) is 11.7. The number of ether oxygens (including phenoxy) is 3. The largest absolute Gasteiger partial charge is 0.462 e. The van der Waals surface area contributed by atoms with Crippen molar-refractivity contribution in [1.29, 1.82) is 0 Å². The molecule has 0 bridgehead atoms. The number of carbonyl (C=O) groups is 3. The van der Waals surface area contributed by atoms with Crippen molar-refractivity contribution in [2.45, 2.75) is 117 Å². The molecule has 0 aliphatic carbocycles. The summed E-state index contributed by atoms with van der Waals surface area (Å²) >= 11 is 0. The monoisotopic (exact) mass is 414 g/mol. The first-order valence-corrected chi connectivity index (χ1v) is 11.5. The second kappa shape index (κ2) is 19.7. The Morgan fingerprint density at radius 1 is 0.552 bits per heavy atom. The number of rotatable bonds is 19. The highest BCUT2D eigenvalue weighted by atomic mass is 16.6. The molecule has 0 amide bonds. The van der Waals surface area contributed by atoms with Gasteiger partial charge in [0.2, 0.25) is 0 Å². The van der Waals surface area contributed by atoms with Gasteiger partial charge < -0.3 is 14.2 Å². The summed E-state index contributed by atoms with van der Waals surface area (Å²) in [6.07, 6.45) is 12.2. The van der Waals surface area contributed by atoms with Gasteiger partial charge in [0.1, 0.15) is 13.2 Å². The molecule has 6 heteroatoms. The van der Waals surface area contributed by atoms with Crippen LogP contribution in [0, 0.1) is 0 Å². The van der Waals surface area contributed by atoms with Crippen LogP contribution in [0.4, 0.5) is 0 Å². The maximum Gasteiger partial charge on any atom is 0.306 e. The highest BCUT2D eigenvalue weighted by Crippen LogP contribution is 2.11. The maximum absolute atomic E-state index is 11.9. The van der Waals surface area contributed by atoms with E-state index in [1.54, 1.807) is 0 Å². The van der Waals surface area contributed by atoms with Gasteiger partial charge in [0.15, 0.2) is 6.10 Å². The SMILES string of the molecule is CCCCCCCCCCCC(=O)OC[C@@H](COC(=O)CCC)OC(=O)CCC. The van der Waals surface area contributed by atoms with E-state index in [9.17, 15) is 14.4 Å². The molecule has 0 saturated carbocycles. The Hall–Kier alpha value is -1.59. The van der Waals surface area contributed by atoms with Gasteiger partial charge in [-0.2, -0.15) is 0 Å². The predicted molar refractivity (Wildman–Crippen MR) is 113 cm³/mol. The number of carbonyl (C=O) groups excluding carboxylic acids is 3. The number of esters is 3. The third-order valence-electron chi connectivity index (χ3n) is 4.55. The highest BCUT2D eigenvalue weighted by molar-refractivity contribution is 5.71. The van der Waals surface area contributed by atoms with Gasteiger partial charge in [-0.1, -0.05) is 72.1 Å². The van der Waals surface area contributed by atoms with Gasteiger partial charge in [-0.25, -0.2) is 0 Å². The molecule has 0 aliphatic heterocycles.